The molecular formula is C26H31N3O5. The van der Waals surface area contributed by atoms with Crippen molar-refractivity contribution in [2.45, 2.75) is 68.8 Å². The Balaban J connectivity index is 1.26. The lowest BCUT2D eigenvalue weighted by Crippen LogP contribution is -2.47. The maximum absolute atomic E-state index is 12.6. The summed E-state index contributed by atoms with van der Waals surface area (Å²) < 4.78 is 12.2. The quantitative estimate of drug-likeness (QED) is 0.519. The van der Waals surface area contributed by atoms with Gasteiger partial charge in [-0.1, -0.05) is 31.0 Å². The molecule has 8 heteroatoms. The van der Waals surface area contributed by atoms with E-state index in [1.165, 1.54) is 0 Å². The van der Waals surface area contributed by atoms with Gasteiger partial charge in [0, 0.05) is 28.9 Å². The van der Waals surface area contributed by atoms with Gasteiger partial charge in [0.1, 0.15) is 18.0 Å². The summed E-state index contributed by atoms with van der Waals surface area (Å²) in [6.07, 6.45) is 4.16. The summed E-state index contributed by atoms with van der Waals surface area (Å²) in [5.74, 6) is 0.699. The zero-order valence-corrected chi connectivity index (χ0v) is 19.0. The minimum absolute atomic E-state index is 0.000760. The lowest BCUT2D eigenvalue weighted by Gasteiger charge is -2.37. The fourth-order valence-corrected chi connectivity index (χ4v) is 5.35. The molecule has 2 aromatic rings. The monoisotopic (exact) mass is 465 g/mol. The van der Waals surface area contributed by atoms with Gasteiger partial charge in [-0.2, -0.15) is 0 Å². The molecule has 2 heterocycles. The molecule has 0 spiro atoms. The van der Waals surface area contributed by atoms with Crippen molar-refractivity contribution in [3.63, 3.8) is 0 Å². The highest BCUT2D eigenvalue weighted by Gasteiger charge is 2.46. The standard InChI is InChI=1S/C26H31N3O5/c30-15-23-25-21(13-19(33-23)14-24(31)27-16-8-4-5-9-16)20-12-18(10-11-22(20)34-25)29-26(32)28-17-6-2-1-3-7-17/h1-3,6-7,10-12,16,19,21,23,25,30H,4-5,8-9,13-15H2,(H,27,31)(H2,28,29,32)/t19-,21-,23+,25+/m1/s1. The van der Waals surface area contributed by atoms with E-state index >= 15 is 0 Å². The molecular weight excluding hydrogens is 434 g/mol. The van der Waals surface area contributed by atoms with Gasteiger partial charge in [0.05, 0.1) is 19.1 Å². The lowest BCUT2D eigenvalue weighted by atomic mass is 9.84. The Morgan fingerprint density at radius 2 is 1.76 bits per heavy atom. The third kappa shape index (κ3) is 5.03. The fourth-order valence-electron chi connectivity index (χ4n) is 5.35. The molecule has 4 atom stereocenters. The number of nitrogens with one attached hydrogen (secondary N) is 3. The van der Waals surface area contributed by atoms with E-state index in [9.17, 15) is 14.7 Å². The molecule has 1 saturated carbocycles. The molecule has 3 amide bonds. The predicted octanol–water partition coefficient (Wildman–Crippen LogP) is 3.77. The number of urea groups is 1. The Morgan fingerprint density at radius 1 is 1.00 bits per heavy atom. The van der Waals surface area contributed by atoms with Crippen molar-refractivity contribution in [3.8, 4) is 5.75 Å². The van der Waals surface area contributed by atoms with Crippen LogP contribution in [0.15, 0.2) is 48.5 Å². The third-order valence-corrected chi connectivity index (χ3v) is 6.92. The van der Waals surface area contributed by atoms with Crippen LogP contribution in [-0.4, -0.2) is 48.0 Å². The topological polar surface area (TPSA) is 109 Å². The minimum Gasteiger partial charge on any atom is -0.487 e. The molecule has 1 aliphatic carbocycles. The normalized spacial score (nSPS) is 25.7. The van der Waals surface area contributed by atoms with Crippen LogP contribution in [0.3, 0.4) is 0 Å². The molecule has 2 aromatic carbocycles. The molecule has 34 heavy (non-hydrogen) atoms. The van der Waals surface area contributed by atoms with Crippen molar-refractivity contribution < 1.29 is 24.2 Å². The highest BCUT2D eigenvalue weighted by molar-refractivity contribution is 5.99. The lowest BCUT2D eigenvalue weighted by molar-refractivity contribution is -0.142. The van der Waals surface area contributed by atoms with E-state index in [2.05, 4.69) is 16.0 Å². The van der Waals surface area contributed by atoms with Gasteiger partial charge in [0.15, 0.2) is 0 Å². The number of anilines is 2. The minimum atomic E-state index is -0.506. The van der Waals surface area contributed by atoms with Crippen LogP contribution in [0.2, 0.25) is 0 Å². The van der Waals surface area contributed by atoms with Crippen molar-refractivity contribution in [2.24, 2.45) is 0 Å². The number of benzene rings is 2. The van der Waals surface area contributed by atoms with Gasteiger partial charge in [-0.3, -0.25) is 4.79 Å². The molecule has 3 aliphatic rings. The molecule has 0 radical (unpaired) electrons. The molecule has 5 rings (SSSR count). The van der Waals surface area contributed by atoms with E-state index in [0.717, 1.165) is 37.0 Å². The van der Waals surface area contributed by atoms with Crippen molar-refractivity contribution in [3.05, 3.63) is 54.1 Å². The second-order valence-electron chi connectivity index (χ2n) is 9.35. The van der Waals surface area contributed by atoms with Crippen molar-refractivity contribution in [2.75, 3.05) is 17.2 Å². The van der Waals surface area contributed by atoms with Gasteiger partial charge < -0.3 is 30.5 Å². The summed E-state index contributed by atoms with van der Waals surface area (Å²) in [5, 5.41) is 18.7. The van der Waals surface area contributed by atoms with E-state index < -0.39 is 6.10 Å². The number of para-hydroxylation sites is 1. The van der Waals surface area contributed by atoms with Gasteiger partial charge in [0.25, 0.3) is 0 Å². The van der Waals surface area contributed by atoms with Gasteiger partial charge in [-0.05, 0) is 49.6 Å². The van der Waals surface area contributed by atoms with Crippen LogP contribution in [0.25, 0.3) is 0 Å². The molecule has 180 valence electrons. The number of aliphatic hydroxyl groups is 1. The number of carbonyl (C=O) groups excluding carboxylic acids is 2. The highest BCUT2D eigenvalue weighted by Crippen LogP contribution is 2.47. The van der Waals surface area contributed by atoms with Gasteiger partial charge in [-0.15, -0.1) is 0 Å². The summed E-state index contributed by atoms with van der Waals surface area (Å²) in [6, 6.07) is 14.7. The number of ether oxygens (including phenoxy) is 2. The SMILES string of the molecule is O=C(C[C@H]1C[C@@H]2c3cc(NC(=O)Nc4ccccc4)ccc3O[C@@H]2[C@H](CO)O1)NC1CCCC1. The summed E-state index contributed by atoms with van der Waals surface area (Å²) in [4.78, 5) is 25.0. The largest absolute Gasteiger partial charge is 0.487 e. The Hall–Kier alpha value is -3.10. The van der Waals surface area contributed by atoms with E-state index in [4.69, 9.17) is 9.47 Å². The Labute approximate surface area is 199 Å². The zero-order valence-electron chi connectivity index (χ0n) is 19.0. The Morgan fingerprint density at radius 3 is 2.53 bits per heavy atom. The van der Waals surface area contributed by atoms with Crippen molar-refractivity contribution in [1.29, 1.82) is 0 Å². The van der Waals surface area contributed by atoms with E-state index in [1.807, 2.05) is 42.5 Å². The number of fused-ring (bicyclic) bond motifs is 3. The van der Waals surface area contributed by atoms with E-state index in [-0.39, 0.29) is 49.1 Å². The number of hydrogen-bond donors (Lipinski definition) is 4. The maximum atomic E-state index is 12.6. The smallest absolute Gasteiger partial charge is 0.323 e. The van der Waals surface area contributed by atoms with Crippen molar-refractivity contribution in [1.82, 2.24) is 5.32 Å². The summed E-state index contributed by atoms with van der Waals surface area (Å²) in [7, 11) is 0. The van der Waals surface area contributed by atoms with E-state index in [1.54, 1.807) is 6.07 Å². The Bertz CT molecular complexity index is 1020. The van der Waals surface area contributed by atoms with Gasteiger partial charge >= 0.3 is 6.03 Å². The molecule has 2 fully saturated rings. The number of amides is 3. The zero-order chi connectivity index (χ0) is 23.5. The summed E-state index contributed by atoms with van der Waals surface area (Å²) >= 11 is 0. The number of carbonyl (C=O) groups is 2. The second-order valence-corrected chi connectivity index (χ2v) is 9.35. The third-order valence-electron chi connectivity index (χ3n) is 6.92. The number of aliphatic hydroxyl groups excluding tert-OH is 1. The number of hydrogen-bond acceptors (Lipinski definition) is 5. The van der Waals surface area contributed by atoms with Crippen LogP contribution in [0.4, 0.5) is 16.2 Å². The van der Waals surface area contributed by atoms with Crippen LogP contribution in [0, 0.1) is 0 Å². The first-order chi connectivity index (χ1) is 16.6. The first-order valence-electron chi connectivity index (χ1n) is 12.1. The highest BCUT2D eigenvalue weighted by atomic mass is 16.6. The molecule has 1 saturated heterocycles. The predicted molar refractivity (Wildman–Crippen MR) is 128 cm³/mol. The second kappa shape index (κ2) is 10.0. The molecule has 0 unspecified atom stereocenters. The van der Waals surface area contributed by atoms with Crippen LogP contribution >= 0.6 is 0 Å². The average molecular weight is 466 g/mol. The maximum Gasteiger partial charge on any atom is 0.323 e. The molecule has 8 nitrogen and oxygen atoms in total. The number of rotatable bonds is 6. The summed E-state index contributed by atoms with van der Waals surface area (Å²) in [6.45, 7) is -0.180. The van der Waals surface area contributed by atoms with Crippen LogP contribution in [0.5, 0.6) is 5.75 Å². The molecule has 4 N–H and O–H groups in total. The van der Waals surface area contributed by atoms with Gasteiger partial charge in [0.2, 0.25) is 5.91 Å². The average Bonchev–Trinajstić information content (AvgIpc) is 3.46. The van der Waals surface area contributed by atoms with Crippen molar-refractivity contribution >= 4 is 23.3 Å². The van der Waals surface area contributed by atoms with E-state index in [0.29, 0.717) is 17.8 Å². The van der Waals surface area contributed by atoms with Crippen LogP contribution < -0.4 is 20.7 Å². The fraction of sp³-hybridized carbons (Fsp3) is 0.462. The molecule has 2 aliphatic heterocycles. The van der Waals surface area contributed by atoms with Crippen LogP contribution in [-0.2, 0) is 9.53 Å². The summed E-state index contributed by atoms with van der Waals surface area (Å²) in [5.41, 5.74) is 2.32. The molecule has 0 bridgehead atoms. The Kier molecular flexibility index (Phi) is 6.69. The van der Waals surface area contributed by atoms with Gasteiger partial charge in [-0.25, -0.2) is 4.79 Å². The first-order valence-corrected chi connectivity index (χ1v) is 12.1. The van der Waals surface area contributed by atoms with Crippen LogP contribution in [0.1, 0.15) is 50.0 Å². The first kappa shape index (κ1) is 22.7. The molecule has 0 aromatic heterocycles.